The van der Waals surface area contributed by atoms with Crippen molar-refractivity contribution in [1.29, 1.82) is 0 Å². The van der Waals surface area contributed by atoms with Crippen LogP contribution < -0.4 is 5.32 Å². The van der Waals surface area contributed by atoms with Gasteiger partial charge in [0.25, 0.3) is 0 Å². The van der Waals surface area contributed by atoms with Crippen molar-refractivity contribution in [2.75, 3.05) is 0 Å². The summed E-state index contributed by atoms with van der Waals surface area (Å²) in [7, 11) is 0. The van der Waals surface area contributed by atoms with Gasteiger partial charge in [0.15, 0.2) is 0 Å². The van der Waals surface area contributed by atoms with Gasteiger partial charge in [-0.1, -0.05) is 32.0 Å². The highest BCUT2D eigenvalue weighted by molar-refractivity contribution is 5.85. The van der Waals surface area contributed by atoms with Crippen LogP contribution in [-0.4, -0.2) is 17.0 Å². The lowest BCUT2D eigenvalue weighted by atomic mass is 10.0. The van der Waals surface area contributed by atoms with Crippen LogP contribution in [0, 0.1) is 5.92 Å². The molecule has 0 saturated carbocycles. The van der Waals surface area contributed by atoms with Gasteiger partial charge in [0.05, 0.1) is 6.04 Å². The van der Waals surface area contributed by atoms with E-state index in [9.17, 15) is 9.59 Å². The molecule has 0 radical (unpaired) electrons. The number of carboxylic acid groups (broad SMARTS) is 1. The fourth-order valence-corrected chi connectivity index (χ4v) is 1.85. The zero-order valence-corrected chi connectivity index (χ0v) is 12.1. The Morgan fingerprint density at radius 3 is 2.60 bits per heavy atom. The normalized spacial score (nSPS) is 12.6. The quantitative estimate of drug-likeness (QED) is 0.784. The molecule has 1 amide bonds. The van der Waals surface area contributed by atoms with Gasteiger partial charge < -0.3 is 10.4 Å². The van der Waals surface area contributed by atoms with Crippen molar-refractivity contribution in [1.82, 2.24) is 5.32 Å². The summed E-state index contributed by atoms with van der Waals surface area (Å²) in [6.07, 6.45) is 3.14. The van der Waals surface area contributed by atoms with Crippen LogP contribution >= 0.6 is 0 Å². The molecule has 0 saturated heterocycles. The average molecular weight is 275 g/mol. The molecule has 0 aromatic heterocycles. The van der Waals surface area contributed by atoms with Crippen molar-refractivity contribution in [3.8, 4) is 0 Å². The Morgan fingerprint density at radius 1 is 1.30 bits per heavy atom. The van der Waals surface area contributed by atoms with Crippen molar-refractivity contribution in [3.63, 3.8) is 0 Å². The highest BCUT2D eigenvalue weighted by Crippen LogP contribution is 2.15. The Balaban J connectivity index is 2.73. The SMILES string of the molecule is CC(C)CC(=O)NC(C)c1cccc(C=CC(=O)O)c1. The van der Waals surface area contributed by atoms with Crippen LogP contribution in [0.25, 0.3) is 6.08 Å². The minimum Gasteiger partial charge on any atom is -0.478 e. The predicted molar refractivity (Wildman–Crippen MR) is 79.1 cm³/mol. The van der Waals surface area contributed by atoms with E-state index in [0.717, 1.165) is 17.2 Å². The molecule has 1 rings (SSSR count). The van der Waals surface area contributed by atoms with Gasteiger partial charge in [-0.25, -0.2) is 4.79 Å². The van der Waals surface area contributed by atoms with E-state index in [0.29, 0.717) is 12.3 Å². The Hall–Kier alpha value is -2.10. The number of amides is 1. The van der Waals surface area contributed by atoms with E-state index in [-0.39, 0.29) is 11.9 Å². The molecule has 4 heteroatoms. The van der Waals surface area contributed by atoms with E-state index in [2.05, 4.69) is 5.32 Å². The number of carbonyl (C=O) groups is 2. The molecular weight excluding hydrogens is 254 g/mol. The Bertz CT molecular complexity index is 506. The first-order valence-corrected chi connectivity index (χ1v) is 6.69. The molecule has 0 aliphatic heterocycles. The standard InChI is InChI=1S/C16H21NO3/c1-11(2)9-15(18)17-12(3)14-6-4-5-13(10-14)7-8-16(19)20/h4-8,10-12H,9H2,1-3H3,(H,17,18)(H,19,20). The van der Waals surface area contributed by atoms with Crippen LogP contribution in [0.5, 0.6) is 0 Å². The molecular formula is C16H21NO3. The maximum Gasteiger partial charge on any atom is 0.328 e. The number of carboxylic acids is 1. The van der Waals surface area contributed by atoms with Crippen LogP contribution in [0.3, 0.4) is 0 Å². The number of nitrogens with one attached hydrogen (secondary N) is 1. The highest BCUT2D eigenvalue weighted by Gasteiger charge is 2.10. The summed E-state index contributed by atoms with van der Waals surface area (Å²) in [5.41, 5.74) is 1.75. The zero-order chi connectivity index (χ0) is 15.1. The fraction of sp³-hybridized carbons (Fsp3) is 0.375. The molecule has 1 aromatic carbocycles. The molecule has 2 N–H and O–H groups in total. The van der Waals surface area contributed by atoms with Crippen LogP contribution in [0.15, 0.2) is 30.3 Å². The van der Waals surface area contributed by atoms with Gasteiger partial charge in [-0.15, -0.1) is 0 Å². The molecule has 108 valence electrons. The zero-order valence-electron chi connectivity index (χ0n) is 12.1. The maximum atomic E-state index is 11.7. The molecule has 0 spiro atoms. The number of hydrogen-bond donors (Lipinski definition) is 2. The minimum atomic E-state index is -0.978. The molecule has 4 nitrogen and oxygen atoms in total. The van der Waals surface area contributed by atoms with Gasteiger partial charge in [-0.3, -0.25) is 4.79 Å². The molecule has 0 fully saturated rings. The number of carbonyl (C=O) groups excluding carboxylic acids is 1. The van der Waals surface area contributed by atoms with Gasteiger partial charge in [-0.05, 0) is 36.1 Å². The van der Waals surface area contributed by atoms with Gasteiger partial charge >= 0.3 is 5.97 Å². The summed E-state index contributed by atoms with van der Waals surface area (Å²) >= 11 is 0. The summed E-state index contributed by atoms with van der Waals surface area (Å²) in [4.78, 5) is 22.2. The van der Waals surface area contributed by atoms with Crippen LogP contribution in [0.4, 0.5) is 0 Å². The van der Waals surface area contributed by atoms with Gasteiger partial charge in [-0.2, -0.15) is 0 Å². The summed E-state index contributed by atoms with van der Waals surface area (Å²) in [6.45, 7) is 5.92. The van der Waals surface area contributed by atoms with E-state index in [1.54, 1.807) is 0 Å². The van der Waals surface area contributed by atoms with Crippen molar-refractivity contribution in [2.24, 2.45) is 5.92 Å². The van der Waals surface area contributed by atoms with Crippen LogP contribution in [0.1, 0.15) is 44.4 Å². The van der Waals surface area contributed by atoms with E-state index in [1.807, 2.05) is 45.0 Å². The largest absolute Gasteiger partial charge is 0.478 e. The lowest BCUT2D eigenvalue weighted by molar-refractivity contribution is -0.131. The van der Waals surface area contributed by atoms with Gasteiger partial charge in [0.2, 0.25) is 5.91 Å². The smallest absolute Gasteiger partial charge is 0.328 e. The maximum absolute atomic E-state index is 11.7. The van der Waals surface area contributed by atoms with E-state index in [4.69, 9.17) is 5.11 Å². The second-order valence-corrected chi connectivity index (χ2v) is 5.23. The average Bonchev–Trinajstić information content (AvgIpc) is 2.35. The first kappa shape index (κ1) is 16.0. The van der Waals surface area contributed by atoms with Crippen LogP contribution in [-0.2, 0) is 9.59 Å². The van der Waals surface area contributed by atoms with Gasteiger partial charge in [0, 0.05) is 12.5 Å². The minimum absolute atomic E-state index is 0.0268. The highest BCUT2D eigenvalue weighted by atomic mass is 16.4. The topological polar surface area (TPSA) is 66.4 Å². The van der Waals surface area contributed by atoms with Crippen LogP contribution in [0.2, 0.25) is 0 Å². The summed E-state index contributed by atoms with van der Waals surface area (Å²) < 4.78 is 0. The Morgan fingerprint density at radius 2 is 2.00 bits per heavy atom. The molecule has 0 aliphatic carbocycles. The molecule has 1 unspecified atom stereocenters. The molecule has 0 aliphatic rings. The lowest BCUT2D eigenvalue weighted by Gasteiger charge is -2.15. The lowest BCUT2D eigenvalue weighted by Crippen LogP contribution is -2.27. The van der Waals surface area contributed by atoms with E-state index in [1.165, 1.54) is 6.08 Å². The Kier molecular flexibility index (Phi) is 5.97. The fourth-order valence-electron chi connectivity index (χ4n) is 1.85. The second-order valence-electron chi connectivity index (χ2n) is 5.23. The summed E-state index contributed by atoms with van der Waals surface area (Å²) in [5, 5.41) is 11.6. The van der Waals surface area contributed by atoms with Crippen molar-refractivity contribution in [3.05, 3.63) is 41.5 Å². The van der Waals surface area contributed by atoms with Gasteiger partial charge in [0.1, 0.15) is 0 Å². The molecule has 1 atom stereocenters. The molecule has 20 heavy (non-hydrogen) atoms. The molecule has 0 bridgehead atoms. The summed E-state index contributed by atoms with van der Waals surface area (Å²) in [5.74, 6) is -0.625. The third-order valence-electron chi connectivity index (χ3n) is 2.80. The monoisotopic (exact) mass is 275 g/mol. The molecule has 1 aromatic rings. The number of rotatable bonds is 6. The number of benzene rings is 1. The predicted octanol–water partition coefficient (Wildman–Crippen LogP) is 3.01. The number of aliphatic carboxylic acids is 1. The van der Waals surface area contributed by atoms with Crippen molar-refractivity contribution < 1.29 is 14.7 Å². The third kappa shape index (κ3) is 5.69. The first-order chi connectivity index (χ1) is 9.38. The molecule has 0 heterocycles. The third-order valence-corrected chi connectivity index (χ3v) is 2.80. The summed E-state index contributed by atoms with van der Waals surface area (Å²) in [6, 6.07) is 7.37. The van der Waals surface area contributed by atoms with E-state index < -0.39 is 5.97 Å². The van der Waals surface area contributed by atoms with E-state index >= 15 is 0 Å². The van der Waals surface area contributed by atoms with Crippen molar-refractivity contribution >= 4 is 18.0 Å². The second kappa shape index (κ2) is 7.48. The first-order valence-electron chi connectivity index (χ1n) is 6.69. The van der Waals surface area contributed by atoms with Crippen molar-refractivity contribution in [2.45, 2.75) is 33.2 Å². The Labute approximate surface area is 119 Å². The number of hydrogen-bond acceptors (Lipinski definition) is 2.